The minimum absolute atomic E-state index is 0.673. The van der Waals surface area contributed by atoms with Gasteiger partial charge >= 0.3 is 0 Å². The van der Waals surface area contributed by atoms with Crippen molar-refractivity contribution in [1.29, 1.82) is 0 Å². The van der Waals surface area contributed by atoms with E-state index in [1.807, 2.05) is 0 Å². The van der Waals surface area contributed by atoms with Crippen molar-refractivity contribution < 1.29 is 8.78 Å². The van der Waals surface area contributed by atoms with E-state index in [2.05, 4.69) is 10.2 Å². The third-order valence-corrected chi connectivity index (χ3v) is 2.54. The van der Waals surface area contributed by atoms with Crippen molar-refractivity contribution in [3.05, 3.63) is 35.4 Å². The van der Waals surface area contributed by atoms with E-state index in [1.54, 1.807) is 6.07 Å². The van der Waals surface area contributed by atoms with Gasteiger partial charge in [0.1, 0.15) is 0 Å². The topological polar surface area (TPSA) is 17.3 Å². The van der Waals surface area contributed by atoms with E-state index in [9.17, 15) is 8.78 Å². The van der Waals surface area contributed by atoms with Crippen molar-refractivity contribution in [3.8, 4) is 0 Å². The molecule has 4 heteroatoms. The van der Waals surface area contributed by atoms with Crippen LogP contribution in [0.5, 0.6) is 0 Å². The average Bonchev–Trinajstić information content (AvgIpc) is 2.25. The molecule has 0 amide bonds. The van der Waals surface area contributed by atoms with Crippen molar-refractivity contribution in [1.82, 2.24) is 10.2 Å². The molecule has 0 atom stereocenters. The Balaban J connectivity index is 2.00. The third kappa shape index (κ3) is 2.73. The van der Waals surface area contributed by atoms with Gasteiger partial charge in [-0.2, -0.15) is 0 Å². The molecule has 0 aliphatic carbocycles. The predicted molar refractivity (Wildman–Crippen MR) is 53.5 cm³/mol. The molecule has 1 fully saturated rings. The Hall–Kier alpha value is -1.00. The van der Waals surface area contributed by atoms with Crippen molar-refractivity contribution in [2.75, 3.05) is 26.2 Å². The molecule has 0 aromatic heterocycles. The zero-order valence-electron chi connectivity index (χ0n) is 8.42. The molecule has 0 saturated carbocycles. The van der Waals surface area contributed by atoms with Gasteiger partial charge in [0.25, 0.3) is 0 Å². The first-order valence-corrected chi connectivity index (χ1v) is 5.05. The van der Waals surface area contributed by atoms with Gasteiger partial charge in [0, 0.05) is 32.7 Å². The minimum Gasteiger partial charge on any atom is -0.296 e. The number of benzene rings is 1. The van der Waals surface area contributed by atoms with E-state index in [-0.39, 0.29) is 0 Å². The summed E-state index contributed by atoms with van der Waals surface area (Å²) in [6, 6.07) is 4.07. The van der Waals surface area contributed by atoms with Gasteiger partial charge < -0.3 is 0 Å². The molecule has 1 aliphatic heterocycles. The summed E-state index contributed by atoms with van der Waals surface area (Å²) in [4.78, 5) is 2.19. The normalized spacial score (nSPS) is 18.0. The molecule has 1 aromatic rings. The molecular formula is C11H13F2N2. The van der Waals surface area contributed by atoms with Gasteiger partial charge in [-0.3, -0.25) is 4.90 Å². The van der Waals surface area contributed by atoms with Crippen molar-refractivity contribution in [3.63, 3.8) is 0 Å². The van der Waals surface area contributed by atoms with Gasteiger partial charge in [0.15, 0.2) is 11.6 Å². The van der Waals surface area contributed by atoms with Crippen LogP contribution in [0.25, 0.3) is 0 Å². The molecule has 1 aliphatic rings. The maximum absolute atomic E-state index is 12.9. The molecule has 15 heavy (non-hydrogen) atoms. The number of halogens is 2. The quantitative estimate of drug-likeness (QED) is 0.722. The summed E-state index contributed by atoms with van der Waals surface area (Å²) in [5.74, 6) is -1.55. The van der Waals surface area contributed by atoms with E-state index in [0.717, 1.165) is 31.7 Å². The highest BCUT2D eigenvalue weighted by Crippen LogP contribution is 2.11. The van der Waals surface area contributed by atoms with Crippen LogP contribution in [0.15, 0.2) is 18.2 Å². The molecule has 81 valence electrons. The Morgan fingerprint density at radius 2 is 1.87 bits per heavy atom. The maximum Gasteiger partial charge on any atom is 0.159 e. The Labute approximate surface area is 87.9 Å². The summed E-state index contributed by atoms with van der Waals surface area (Å²) >= 11 is 0. The molecule has 1 radical (unpaired) electrons. The van der Waals surface area contributed by atoms with Gasteiger partial charge in [-0.1, -0.05) is 6.07 Å². The van der Waals surface area contributed by atoms with Crippen LogP contribution in [0, 0.1) is 11.6 Å². The van der Waals surface area contributed by atoms with E-state index >= 15 is 0 Å². The maximum atomic E-state index is 12.9. The van der Waals surface area contributed by atoms with E-state index in [4.69, 9.17) is 0 Å². The van der Waals surface area contributed by atoms with Gasteiger partial charge in [0.05, 0.1) is 0 Å². The molecule has 0 N–H and O–H groups in total. The minimum atomic E-state index is -0.785. The molecule has 1 saturated heterocycles. The van der Waals surface area contributed by atoms with Crippen LogP contribution in [0.2, 0.25) is 0 Å². The third-order valence-electron chi connectivity index (χ3n) is 2.54. The lowest BCUT2D eigenvalue weighted by atomic mass is 10.2. The summed E-state index contributed by atoms with van der Waals surface area (Å²) < 4.78 is 25.6. The first-order chi connectivity index (χ1) is 7.25. The lowest BCUT2D eigenvalue weighted by Gasteiger charge is -2.26. The fraction of sp³-hybridized carbons (Fsp3) is 0.455. The van der Waals surface area contributed by atoms with Crippen molar-refractivity contribution in [2.24, 2.45) is 0 Å². The molecule has 2 nitrogen and oxygen atoms in total. The second kappa shape index (κ2) is 4.68. The van der Waals surface area contributed by atoms with Gasteiger partial charge in [-0.15, -0.1) is 0 Å². The second-order valence-electron chi connectivity index (χ2n) is 3.70. The molecule has 2 rings (SSSR count). The van der Waals surface area contributed by atoms with Crippen molar-refractivity contribution >= 4 is 0 Å². The van der Waals surface area contributed by atoms with Gasteiger partial charge in [0.2, 0.25) is 0 Å². The van der Waals surface area contributed by atoms with Crippen LogP contribution in [0.3, 0.4) is 0 Å². The molecule has 1 aromatic carbocycles. The Bertz CT molecular complexity index is 335. The van der Waals surface area contributed by atoms with E-state index in [1.165, 1.54) is 12.1 Å². The second-order valence-corrected chi connectivity index (χ2v) is 3.70. The number of rotatable bonds is 2. The Morgan fingerprint density at radius 1 is 1.13 bits per heavy atom. The summed E-state index contributed by atoms with van der Waals surface area (Å²) in [7, 11) is 0. The van der Waals surface area contributed by atoms with Gasteiger partial charge in [-0.25, -0.2) is 14.1 Å². The number of nitrogens with zero attached hydrogens (tertiary/aromatic N) is 2. The van der Waals surface area contributed by atoms with Gasteiger partial charge in [-0.05, 0) is 17.7 Å². The van der Waals surface area contributed by atoms with Crippen LogP contribution < -0.4 is 5.32 Å². The number of hydrogen-bond donors (Lipinski definition) is 0. The van der Waals surface area contributed by atoms with Crippen molar-refractivity contribution in [2.45, 2.75) is 6.54 Å². The molecule has 0 spiro atoms. The van der Waals surface area contributed by atoms with Crippen LogP contribution in [0.4, 0.5) is 8.78 Å². The lowest BCUT2D eigenvalue weighted by molar-refractivity contribution is 0.230. The molecule has 1 heterocycles. The van der Waals surface area contributed by atoms with Crippen LogP contribution in [-0.2, 0) is 6.54 Å². The van der Waals surface area contributed by atoms with Crippen LogP contribution >= 0.6 is 0 Å². The molecule has 0 unspecified atom stereocenters. The summed E-state index contributed by atoms with van der Waals surface area (Å²) in [6.45, 7) is 4.15. The SMILES string of the molecule is Fc1ccc(CN2CC[N]CC2)cc1F. The number of hydrogen-bond acceptors (Lipinski definition) is 1. The highest BCUT2D eigenvalue weighted by atomic mass is 19.2. The lowest BCUT2D eigenvalue weighted by Crippen LogP contribution is -2.39. The first-order valence-electron chi connectivity index (χ1n) is 5.05. The molecule has 0 bridgehead atoms. The summed E-state index contributed by atoms with van der Waals surface area (Å²) in [6.07, 6.45) is 0. The fourth-order valence-electron chi connectivity index (χ4n) is 1.70. The van der Waals surface area contributed by atoms with E-state index < -0.39 is 11.6 Å². The summed E-state index contributed by atoms with van der Waals surface area (Å²) in [5.41, 5.74) is 0.816. The summed E-state index contributed by atoms with van der Waals surface area (Å²) in [5, 5.41) is 4.22. The standard InChI is InChI=1S/C11H13F2N2/c12-10-2-1-9(7-11(10)13)8-15-5-3-14-4-6-15/h1-2,7H,3-6,8H2. The highest BCUT2D eigenvalue weighted by Gasteiger charge is 2.11. The first kappa shape index (κ1) is 10.5. The molecular weight excluding hydrogens is 198 g/mol. The Kier molecular flexibility index (Phi) is 3.28. The Morgan fingerprint density at radius 3 is 2.53 bits per heavy atom. The smallest absolute Gasteiger partial charge is 0.159 e. The van der Waals surface area contributed by atoms with Crippen LogP contribution in [-0.4, -0.2) is 31.1 Å². The zero-order valence-corrected chi connectivity index (χ0v) is 8.42. The predicted octanol–water partition coefficient (Wildman–Crippen LogP) is 1.38. The highest BCUT2D eigenvalue weighted by molar-refractivity contribution is 5.17. The fourth-order valence-corrected chi connectivity index (χ4v) is 1.70. The average molecular weight is 211 g/mol. The van der Waals surface area contributed by atoms with E-state index in [0.29, 0.717) is 6.54 Å². The van der Waals surface area contributed by atoms with Crippen LogP contribution in [0.1, 0.15) is 5.56 Å². The zero-order chi connectivity index (χ0) is 10.7. The largest absolute Gasteiger partial charge is 0.296 e. The monoisotopic (exact) mass is 211 g/mol. The number of piperazine rings is 1.